The zero-order valence-corrected chi connectivity index (χ0v) is 12.6. The molecule has 0 unspecified atom stereocenters. The molecule has 0 saturated heterocycles. The predicted molar refractivity (Wildman–Crippen MR) is 78.7 cm³/mol. The van der Waals surface area contributed by atoms with Gasteiger partial charge in [-0.3, -0.25) is 9.59 Å². The summed E-state index contributed by atoms with van der Waals surface area (Å²) in [4.78, 5) is 21.9. The summed E-state index contributed by atoms with van der Waals surface area (Å²) in [5.41, 5.74) is 5.00. The largest absolute Gasteiger partial charge is 0.382 e. The van der Waals surface area contributed by atoms with E-state index in [1.807, 2.05) is 0 Å². The second-order valence-corrected chi connectivity index (χ2v) is 4.27. The Kier molecular flexibility index (Phi) is 13.9. The lowest BCUT2D eigenvalue weighted by Crippen LogP contribution is -2.26. The highest BCUT2D eigenvalue weighted by Gasteiger charge is 1.96. The third-order valence-corrected chi connectivity index (χ3v) is 2.41. The van der Waals surface area contributed by atoms with E-state index < -0.39 is 0 Å². The van der Waals surface area contributed by atoms with Crippen LogP contribution >= 0.6 is 0 Å². The van der Waals surface area contributed by atoms with E-state index in [1.54, 1.807) is 13.2 Å². The highest BCUT2D eigenvalue weighted by atomic mass is 16.5. The number of methoxy groups -OCH3 is 1. The molecule has 0 saturated carbocycles. The number of ether oxygens (including phenoxy) is 3. The van der Waals surface area contributed by atoms with E-state index in [9.17, 15) is 9.59 Å². The summed E-state index contributed by atoms with van der Waals surface area (Å²) in [7, 11) is 1.62. The Morgan fingerprint density at radius 1 is 1.10 bits per heavy atom. The van der Waals surface area contributed by atoms with Crippen LogP contribution in [0, 0.1) is 0 Å². The van der Waals surface area contributed by atoms with Crippen LogP contribution in [0.3, 0.4) is 0 Å². The number of nitrogens with one attached hydrogen (secondary N) is 1. The molecule has 7 nitrogen and oxygen atoms in total. The summed E-state index contributed by atoms with van der Waals surface area (Å²) in [5.74, 6) is -0.495. The van der Waals surface area contributed by atoms with Crippen LogP contribution in [0.1, 0.15) is 19.3 Å². The van der Waals surface area contributed by atoms with Gasteiger partial charge in [0.1, 0.15) is 0 Å². The zero-order valence-electron chi connectivity index (χ0n) is 12.6. The van der Waals surface area contributed by atoms with Crippen molar-refractivity contribution in [2.75, 3.05) is 46.7 Å². The summed E-state index contributed by atoms with van der Waals surface area (Å²) < 4.78 is 15.3. The molecular weight excluding hydrogens is 276 g/mol. The monoisotopic (exact) mass is 302 g/mol. The molecule has 3 N–H and O–H groups in total. The van der Waals surface area contributed by atoms with Gasteiger partial charge in [0.2, 0.25) is 11.8 Å². The van der Waals surface area contributed by atoms with E-state index in [1.165, 1.54) is 6.08 Å². The first-order valence-electron chi connectivity index (χ1n) is 7.04. The van der Waals surface area contributed by atoms with Gasteiger partial charge in [0.15, 0.2) is 0 Å². The maximum absolute atomic E-state index is 11.4. The number of rotatable bonds is 14. The third-order valence-electron chi connectivity index (χ3n) is 2.41. The van der Waals surface area contributed by atoms with E-state index in [0.29, 0.717) is 58.8 Å². The molecule has 122 valence electrons. The summed E-state index contributed by atoms with van der Waals surface area (Å²) in [6, 6.07) is 0. The minimum atomic E-state index is -0.323. The topological polar surface area (TPSA) is 99.9 Å². The van der Waals surface area contributed by atoms with Gasteiger partial charge in [0.25, 0.3) is 0 Å². The third kappa shape index (κ3) is 16.5. The van der Waals surface area contributed by atoms with Crippen LogP contribution in [0.25, 0.3) is 0 Å². The molecule has 0 bridgehead atoms. The fourth-order valence-electron chi connectivity index (χ4n) is 1.35. The number of carbonyl (C=O) groups is 2. The van der Waals surface area contributed by atoms with Crippen molar-refractivity contribution < 1.29 is 23.8 Å². The lowest BCUT2D eigenvalue weighted by atomic mass is 10.2. The van der Waals surface area contributed by atoms with Gasteiger partial charge in [-0.1, -0.05) is 6.08 Å². The van der Waals surface area contributed by atoms with E-state index in [4.69, 9.17) is 19.9 Å². The second-order valence-electron chi connectivity index (χ2n) is 4.27. The quantitative estimate of drug-likeness (QED) is 0.347. The minimum absolute atomic E-state index is 0.172. The Labute approximate surface area is 125 Å². The average Bonchev–Trinajstić information content (AvgIpc) is 2.45. The highest BCUT2D eigenvalue weighted by molar-refractivity contribution is 5.87. The van der Waals surface area contributed by atoms with Gasteiger partial charge >= 0.3 is 0 Å². The molecule has 0 fully saturated rings. The van der Waals surface area contributed by atoms with E-state index in [2.05, 4.69) is 5.32 Å². The van der Waals surface area contributed by atoms with Crippen LogP contribution in [0.5, 0.6) is 0 Å². The molecule has 0 aliphatic rings. The van der Waals surface area contributed by atoms with Crippen LogP contribution in [0.4, 0.5) is 0 Å². The van der Waals surface area contributed by atoms with Crippen LogP contribution in [-0.2, 0) is 23.8 Å². The number of nitrogens with two attached hydrogens (primary N) is 1. The molecule has 21 heavy (non-hydrogen) atoms. The Morgan fingerprint density at radius 3 is 2.43 bits per heavy atom. The van der Waals surface area contributed by atoms with Crippen molar-refractivity contribution in [3.8, 4) is 0 Å². The van der Waals surface area contributed by atoms with Gasteiger partial charge in [0, 0.05) is 20.1 Å². The van der Waals surface area contributed by atoms with Crippen molar-refractivity contribution in [1.29, 1.82) is 0 Å². The van der Waals surface area contributed by atoms with Gasteiger partial charge in [-0.25, -0.2) is 0 Å². The van der Waals surface area contributed by atoms with Crippen molar-refractivity contribution in [2.24, 2.45) is 5.73 Å². The molecule has 0 radical (unpaired) electrons. The number of amides is 2. The molecule has 0 aliphatic heterocycles. The van der Waals surface area contributed by atoms with Crippen molar-refractivity contribution in [3.05, 3.63) is 12.2 Å². The van der Waals surface area contributed by atoms with Crippen LogP contribution in [-0.4, -0.2) is 58.5 Å². The molecule has 0 aliphatic carbocycles. The number of allylic oxidation sites excluding steroid dienone is 1. The molecule has 0 aromatic carbocycles. The molecule has 0 aromatic rings. The molecule has 0 heterocycles. The first kappa shape index (κ1) is 19.6. The second kappa shape index (κ2) is 15.0. The Hall–Kier alpha value is -1.44. The molecular formula is C14H26N2O5. The summed E-state index contributed by atoms with van der Waals surface area (Å²) in [5, 5.41) is 2.69. The maximum Gasteiger partial charge on any atom is 0.243 e. The summed E-state index contributed by atoms with van der Waals surface area (Å²) in [6.07, 6.45) is 4.83. The number of hydrogen-bond donors (Lipinski definition) is 2. The summed E-state index contributed by atoms with van der Waals surface area (Å²) >= 11 is 0. The fraction of sp³-hybridized carbons (Fsp3) is 0.714. The molecule has 7 heteroatoms. The smallest absolute Gasteiger partial charge is 0.243 e. The number of primary amides is 1. The van der Waals surface area contributed by atoms with Gasteiger partial charge in [-0.15, -0.1) is 0 Å². The lowest BCUT2D eigenvalue weighted by Gasteiger charge is -2.05. The van der Waals surface area contributed by atoms with E-state index in [-0.39, 0.29) is 11.8 Å². The first-order valence-corrected chi connectivity index (χ1v) is 7.04. The van der Waals surface area contributed by atoms with Crippen molar-refractivity contribution >= 4 is 11.8 Å². The number of unbranched alkanes of at least 4 members (excludes halogenated alkanes) is 1. The van der Waals surface area contributed by atoms with Crippen LogP contribution < -0.4 is 11.1 Å². The molecule has 0 spiro atoms. The fourth-order valence-corrected chi connectivity index (χ4v) is 1.35. The van der Waals surface area contributed by atoms with Crippen LogP contribution in [0.15, 0.2) is 12.2 Å². The zero-order chi connectivity index (χ0) is 15.8. The first-order chi connectivity index (χ1) is 10.2. The van der Waals surface area contributed by atoms with Crippen LogP contribution in [0.2, 0.25) is 0 Å². The van der Waals surface area contributed by atoms with Crippen molar-refractivity contribution in [3.63, 3.8) is 0 Å². The SMILES string of the molecule is COCCOCCOCCNC(=O)/C=C/CCCC(N)=O. The summed E-state index contributed by atoms with van der Waals surface area (Å²) in [6.45, 7) is 3.01. The van der Waals surface area contributed by atoms with Gasteiger partial charge in [-0.2, -0.15) is 0 Å². The Bertz CT molecular complexity index is 308. The predicted octanol–water partition coefficient (Wildman–Crippen LogP) is -0.00600. The Balaban J connectivity index is 3.29. The number of carbonyl (C=O) groups excluding carboxylic acids is 2. The van der Waals surface area contributed by atoms with E-state index in [0.717, 1.165) is 0 Å². The molecule has 0 aromatic heterocycles. The highest BCUT2D eigenvalue weighted by Crippen LogP contribution is 1.95. The van der Waals surface area contributed by atoms with Gasteiger partial charge < -0.3 is 25.3 Å². The van der Waals surface area contributed by atoms with E-state index >= 15 is 0 Å². The standard InChI is InChI=1S/C14H26N2O5/c1-19-9-10-21-12-11-20-8-7-16-14(18)6-4-2-3-5-13(15)17/h4,6H,2-3,5,7-12H2,1H3,(H2,15,17)(H,16,18)/b6-4+. The molecule has 0 atom stereocenters. The lowest BCUT2D eigenvalue weighted by molar-refractivity contribution is -0.118. The van der Waals surface area contributed by atoms with Gasteiger partial charge in [-0.05, 0) is 18.9 Å². The molecule has 2 amide bonds. The molecule has 0 rings (SSSR count). The van der Waals surface area contributed by atoms with Gasteiger partial charge in [0.05, 0.1) is 33.0 Å². The van der Waals surface area contributed by atoms with Crippen molar-refractivity contribution in [1.82, 2.24) is 5.32 Å². The Morgan fingerprint density at radius 2 is 1.76 bits per heavy atom. The normalized spacial score (nSPS) is 10.9. The average molecular weight is 302 g/mol. The maximum atomic E-state index is 11.4. The minimum Gasteiger partial charge on any atom is -0.382 e. The van der Waals surface area contributed by atoms with Crippen molar-refractivity contribution in [2.45, 2.75) is 19.3 Å². The number of hydrogen-bond acceptors (Lipinski definition) is 5.